The molecule has 7 nitrogen and oxygen atoms in total. The Morgan fingerprint density at radius 2 is 1.83 bits per heavy atom. The molecule has 1 heterocycles. The van der Waals surface area contributed by atoms with Crippen LogP contribution in [-0.2, 0) is 23.7 Å². The summed E-state index contributed by atoms with van der Waals surface area (Å²) in [5, 5.41) is 2.72. The van der Waals surface area contributed by atoms with Gasteiger partial charge in [0.05, 0.1) is 25.2 Å². The van der Waals surface area contributed by atoms with E-state index in [-0.39, 0.29) is 24.6 Å². The van der Waals surface area contributed by atoms with E-state index in [0.29, 0.717) is 26.0 Å². The SMILES string of the molecule is CCOC(=O)C[C@H]1C[C@@H](CCNC(=O)OC(C)(C)C)OC(C)(C)O1. The molecule has 140 valence electrons. The molecule has 0 saturated carbocycles. The van der Waals surface area contributed by atoms with Gasteiger partial charge in [0, 0.05) is 13.0 Å². The Morgan fingerprint density at radius 1 is 1.21 bits per heavy atom. The van der Waals surface area contributed by atoms with Gasteiger partial charge in [-0.3, -0.25) is 4.79 Å². The van der Waals surface area contributed by atoms with Crippen LogP contribution >= 0.6 is 0 Å². The minimum absolute atomic E-state index is 0.108. The smallest absolute Gasteiger partial charge is 0.407 e. The van der Waals surface area contributed by atoms with Gasteiger partial charge < -0.3 is 24.3 Å². The summed E-state index contributed by atoms with van der Waals surface area (Å²) in [7, 11) is 0. The summed E-state index contributed by atoms with van der Waals surface area (Å²) < 4.78 is 21.8. The highest BCUT2D eigenvalue weighted by atomic mass is 16.7. The van der Waals surface area contributed by atoms with Gasteiger partial charge in [0.2, 0.25) is 0 Å². The Morgan fingerprint density at radius 3 is 2.42 bits per heavy atom. The quantitative estimate of drug-likeness (QED) is 0.745. The average Bonchev–Trinajstić information content (AvgIpc) is 2.34. The first kappa shape index (κ1) is 20.7. The van der Waals surface area contributed by atoms with Crippen LogP contribution in [0.25, 0.3) is 0 Å². The third kappa shape index (κ3) is 8.49. The van der Waals surface area contributed by atoms with Gasteiger partial charge in [0.25, 0.3) is 0 Å². The van der Waals surface area contributed by atoms with Crippen molar-refractivity contribution >= 4 is 12.1 Å². The van der Waals surface area contributed by atoms with E-state index in [1.165, 1.54) is 0 Å². The van der Waals surface area contributed by atoms with Crippen molar-refractivity contribution in [2.24, 2.45) is 0 Å². The summed E-state index contributed by atoms with van der Waals surface area (Å²) in [5.74, 6) is -1.04. The second-order valence-electron chi connectivity index (χ2n) is 7.34. The molecule has 0 unspecified atom stereocenters. The van der Waals surface area contributed by atoms with Gasteiger partial charge in [0.1, 0.15) is 5.60 Å². The molecular formula is C17H31NO6. The highest BCUT2D eigenvalue weighted by molar-refractivity contribution is 5.70. The molecule has 0 aromatic rings. The zero-order valence-electron chi connectivity index (χ0n) is 15.6. The molecule has 0 aromatic carbocycles. The second kappa shape index (κ2) is 8.67. The summed E-state index contributed by atoms with van der Waals surface area (Å²) in [6.45, 7) is 11.6. The van der Waals surface area contributed by atoms with Gasteiger partial charge in [-0.15, -0.1) is 0 Å². The molecule has 1 amide bonds. The van der Waals surface area contributed by atoms with E-state index in [1.54, 1.807) is 6.92 Å². The van der Waals surface area contributed by atoms with Crippen LogP contribution in [0.2, 0.25) is 0 Å². The van der Waals surface area contributed by atoms with E-state index >= 15 is 0 Å². The first-order valence-electron chi connectivity index (χ1n) is 8.49. The monoisotopic (exact) mass is 345 g/mol. The molecule has 1 aliphatic rings. The number of rotatable bonds is 6. The van der Waals surface area contributed by atoms with Crippen molar-refractivity contribution in [3.8, 4) is 0 Å². The maximum Gasteiger partial charge on any atom is 0.407 e. The van der Waals surface area contributed by atoms with E-state index in [2.05, 4.69) is 5.32 Å². The predicted molar refractivity (Wildman–Crippen MR) is 88.5 cm³/mol. The molecule has 1 N–H and O–H groups in total. The zero-order chi connectivity index (χ0) is 18.4. The Labute approximate surface area is 144 Å². The fourth-order valence-electron chi connectivity index (χ4n) is 2.58. The summed E-state index contributed by atoms with van der Waals surface area (Å²) in [4.78, 5) is 23.3. The molecule has 7 heteroatoms. The summed E-state index contributed by atoms with van der Waals surface area (Å²) in [6, 6.07) is 0. The fourth-order valence-corrected chi connectivity index (χ4v) is 2.58. The van der Waals surface area contributed by atoms with Crippen molar-refractivity contribution in [1.29, 1.82) is 0 Å². The van der Waals surface area contributed by atoms with Crippen molar-refractivity contribution in [2.45, 2.75) is 84.4 Å². The largest absolute Gasteiger partial charge is 0.466 e. The van der Waals surface area contributed by atoms with E-state index in [4.69, 9.17) is 18.9 Å². The lowest BCUT2D eigenvalue weighted by molar-refractivity contribution is -0.300. The number of alkyl carbamates (subject to hydrolysis) is 1. The lowest BCUT2D eigenvalue weighted by Gasteiger charge is -2.40. The molecule has 0 aromatic heterocycles. The molecule has 24 heavy (non-hydrogen) atoms. The van der Waals surface area contributed by atoms with Gasteiger partial charge in [-0.05, 0) is 48.0 Å². The summed E-state index contributed by atoms with van der Waals surface area (Å²) in [5.41, 5.74) is -0.522. The average molecular weight is 345 g/mol. The molecular weight excluding hydrogens is 314 g/mol. The van der Waals surface area contributed by atoms with Crippen molar-refractivity contribution < 1.29 is 28.5 Å². The Hall–Kier alpha value is -1.34. The maximum absolute atomic E-state index is 11.6. The molecule has 1 fully saturated rings. The number of nitrogens with one attached hydrogen (secondary N) is 1. The Balaban J connectivity index is 2.43. The molecule has 1 saturated heterocycles. The van der Waals surface area contributed by atoms with Gasteiger partial charge in [-0.2, -0.15) is 0 Å². The van der Waals surface area contributed by atoms with Crippen LogP contribution in [0.15, 0.2) is 0 Å². The number of hydrogen-bond donors (Lipinski definition) is 1. The van der Waals surface area contributed by atoms with E-state index in [0.717, 1.165) is 0 Å². The third-order valence-corrected chi connectivity index (χ3v) is 3.26. The molecule has 2 atom stereocenters. The van der Waals surface area contributed by atoms with Crippen LogP contribution < -0.4 is 5.32 Å². The van der Waals surface area contributed by atoms with Gasteiger partial charge in [-0.1, -0.05) is 0 Å². The van der Waals surface area contributed by atoms with Crippen molar-refractivity contribution in [2.75, 3.05) is 13.2 Å². The van der Waals surface area contributed by atoms with Crippen molar-refractivity contribution in [3.05, 3.63) is 0 Å². The zero-order valence-corrected chi connectivity index (χ0v) is 15.6. The minimum Gasteiger partial charge on any atom is -0.466 e. The Kier molecular flexibility index (Phi) is 7.48. The van der Waals surface area contributed by atoms with E-state index in [1.807, 2.05) is 34.6 Å². The maximum atomic E-state index is 11.6. The van der Waals surface area contributed by atoms with Crippen molar-refractivity contribution in [3.63, 3.8) is 0 Å². The second-order valence-corrected chi connectivity index (χ2v) is 7.34. The first-order valence-corrected chi connectivity index (χ1v) is 8.49. The predicted octanol–water partition coefficient (Wildman–Crippen LogP) is 2.76. The van der Waals surface area contributed by atoms with Crippen LogP contribution in [0, 0.1) is 0 Å². The molecule has 0 spiro atoms. The van der Waals surface area contributed by atoms with Crippen LogP contribution in [0.1, 0.15) is 60.8 Å². The number of hydrogen-bond acceptors (Lipinski definition) is 6. The fraction of sp³-hybridized carbons (Fsp3) is 0.882. The van der Waals surface area contributed by atoms with E-state index < -0.39 is 17.5 Å². The van der Waals surface area contributed by atoms with Crippen LogP contribution in [0.4, 0.5) is 4.79 Å². The van der Waals surface area contributed by atoms with Gasteiger partial charge >= 0.3 is 12.1 Å². The number of carbonyl (C=O) groups excluding carboxylic acids is 2. The van der Waals surface area contributed by atoms with Crippen LogP contribution in [0.5, 0.6) is 0 Å². The third-order valence-electron chi connectivity index (χ3n) is 3.26. The van der Waals surface area contributed by atoms with Crippen LogP contribution in [-0.4, -0.2) is 48.8 Å². The molecule has 0 radical (unpaired) electrons. The number of esters is 1. The highest BCUT2D eigenvalue weighted by Crippen LogP contribution is 2.29. The molecule has 1 aliphatic heterocycles. The highest BCUT2D eigenvalue weighted by Gasteiger charge is 2.36. The van der Waals surface area contributed by atoms with Gasteiger partial charge in [-0.25, -0.2) is 4.79 Å². The lowest BCUT2D eigenvalue weighted by atomic mass is 10.0. The summed E-state index contributed by atoms with van der Waals surface area (Å²) >= 11 is 0. The number of carbonyl (C=O) groups is 2. The normalized spacial score (nSPS) is 23.4. The van der Waals surface area contributed by atoms with Crippen LogP contribution in [0.3, 0.4) is 0 Å². The standard InChI is InChI=1S/C17H31NO6/c1-7-21-14(19)11-13-10-12(22-17(5,6)23-13)8-9-18-15(20)24-16(2,3)4/h12-13H,7-11H2,1-6H3,(H,18,20)/t12-,13-/m1/s1. The van der Waals surface area contributed by atoms with Gasteiger partial charge in [0.15, 0.2) is 5.79 Å². The molecule has 0 bridgehead atoms. The summed E-state index contributed by atoms with van der Waals surface area (Å²) in [6.07, 6.45) is 0.597. The lowest BCUT2D eigenvalue weighted by Crippen LogP contribution is -2.46. The number of amides is 1. The van der Waals surface area contributed by atoms with E-state index in [9.17, 15) is 9.59 Å². The number of ether oxygens (including phenoxy) is 4. The topological polar surface area (TPSA) is 83.1 Å². The minimum atomic E-state index is -0.772. The van der Waals surface area contributed by atoms with Crippen molar-refractivity contribution in [1.82, 2.24) is 5.32 Å². The Bertz CT molecular complexity index is 429. The first-order chi connectivity index (χ1) is 11.0. The molecule has 0 aliphatic carbocycles. The molecule has 1 rings (SSSR count).